The summed E-state index contributed by atoms with van der Waals surface area (Å²) in [4.78, 5) is 0. The lowest BCUT2D eigenvalue weighted by atomic mass is 10.1. The van der Waals surface area contributed by atoms with E-state index in [-0.39, 0.29) is 50.9 Å². The van der Waals surface area contributed by atoms with Gasteiger partial charge in [0.1, 0.15) is 11.5 Å². The highest BCUT2D eigenvalue weighted by molar-refractivity contribution is 9.10. The van der Waals surface area contributed by atoms with Crippen LogP contribution in [0, 0.1) is 0 Å². The van der Waals surface area contributed by atoms with E-state index in [1.54, 1.807) is 24.3 Å². The van der Waals surface area contributed by atoms with Gasteiger partial charge >= 0.3 is 0 Å². The molecule has 0 saturated heterocycles. The molecule has 0 atom stereocenters. The van der Waals surface area contributed by atoms with Gasteiger partial charge in [0, 0.05) is 44.3 Å². The molecule has 9 heteroatoms. The van der Waals surface area contributed by atoms with Crippen molar-refractivity contribution in [2.75, 3.05) is 0 Å². The van der Waals surface area contributed by atoms with E-state index in [9.17, 15) is 10.2 Å². The fourth-order valence-corrected chi connectivity index (χ4v) is 5.48. The van der Waals surface area contributed by atoms with Gasteiger partial charge in [0.05, 0.1) is 0 Å². The summed E-state index contributed by atoms with van der Waals surface area (Å²) >= 11 is 7.16. The molecular formula is C40H36Br4N2O3. The van der Waals surface area contributed by atoms with Crippen molar-refractivity contribution in [1.82, 2.24) is 0 Å². The summed E-state index contributed by atoms with van der Waals surface area (Å²) in [6.45, 7) is 1.66. The zero-order valence-electron chi connectivity index (χ0n) is 26.4. The fourth-order valence-electron chi connectivity index (χ4n) is 4.66. The van der Waals surface area contributed by atoms with Crippen LogP contribution in [-0.4, -0.2) is 15.7 Å². The van der Waals surface area contributed by atoms with Gasteiger partial charge in [0.2, 0.25) is 0 Å². The van der Waals surface area contributed by atoms with Crippen molar-refractivity contribution in [1.29, 1.82) is 0 Å². The minimum atomic E-state index is 0. The number of pyridine rings is 2. The number of aromatic nitrogens is 2. The maximum atomic E-state index is 9.47. The lowest BCUT2D eigenvalue weighted by Gasteiger charge is -2.01. The number of halogens is 4. The smallest absolute Gasteiger partial charge is 0.174 e. The Morgan fingerprint density at radius 1 is 0.449 bits per heavy atom. The lowest BCUT2D eigenvalue weighted by molar-refractivity contribution is -0.688. The number of rotatable bonds is 8. The van der Waals surface area contributed by atoms with Crippen LogP contribution >= 0.6 is 31.9 Å². The van der Waals surface area contributed by atoms with Gasteiger partial charge < -0.3 is 49.7 Å². The molecule has 0 aliphatic rings. The van der Waals surface area contributed by atoms with Gasteiger partial charge in [-0.15, -0.1) is 0 Å². The molecule has 0 bridgehead atoms. The molecule has 49 heavy (non-hydrogen) atoms. The highest BCUT2D eigenvalue weighted by atomic mass is 79.9. The zero-order valence-corrected chi connectivity index (χ0v) is 32.7. The average molecular weight is 912 g/mol. The van der Waals surface area contributed by atoms with Gasteiger partial charge in [-0.1, -0.05) is 117 Å². The maximum Gasteiger partial charge on any atom is 0.174 e. The van der Waals surface area contributed by atoms with Crippen LogP contribution in [0.1, 0.15) is 33.4 Å². The average Bonchev–Trinajstić information content (AvgIpc) is 3.07. The van der Waals surface area contributed by atoms with Gasteiger partial charge in [0.25, 0.3) is 0 Å². The third kappa shape index (κ3) is 13.5. The van der Waals surface area contributed by atoms with Gasteiger partial charge in [-0.2, -0.15) is 0 Å². The van der Waals surface area contributed by atoms with Gasteiger partial charge in [-0.3, -0.25) is 0 Å². The minimum absolute atomic E-state index is 0. The lowest BCUT2D eigenvalue weighted by Crippen LogP contribution is -3.00. The Balaban J connectivity index is 0.000000321. The Bertz CT molecular complexity index is 1800. The highest BCUT2D eigenvalue weighted by Gasteiger charge is 2.06. The molecular weight excluding hydrogens is 876 g/mol. The van der Waals surface area contributed by atoms with Crippen molar-refractivity contribution in [2.24, 2.45) is 0 Å². The number of hydrogen-bond acceptors (Lipinski definition) is 2. The summed E-state index contributed by atoms with van der Waals surface area (Å²) < 4.78 is 6.54. The summed E-state index contributed by atoms with van der Waals surface area (Å²) in [6.07, 6.45) is 16.3. The number of hydrogen-bond donors (Lipinski definition) is 2. The second-order valence-electron chi connectivity index (χ2n) is 10.6. The third-order valence-corrected chi connectivity index (χ3v) is 8.68. The Kier molecular flexibility index (Phi) is 17.9. The summed E-state index contributed by atoms with van der Waals surface area (Å²) in [5.74, 6) is 0.568. The molecule has 2 heterocycles. The van der Waals surface area contributed by atoms with Gasteiger partial charge in [-0.05, 0) is 58.7 Å². The van der Waals surface area contributed by atoms with Crippen molar-refractivity contribution in [2.45, 2.75) is 13.1 Å². The van der Waals surface area contributed by atoms with E-state index in [1.807, 2.05) is 72.8 Å². The van der Waals surface area contributed by atoms with Crippen LogP contribution < -0.4 is 43.1 Å². The second kappa shape index (κ2) is 21.3. The molecule has 252 valence electrons. The first-order valence-electron chi connectivity index (χ1n) is 14.8. The van der Waals surface area contributed by atoms with E-state index in [4.69, 9.17) is 0 Å². The monoisotopic (exact) mass is 908 g/mol. The summed E-state index contributed by atoms with van der Waals surface area (Å²) in [6, 6.07) is 39.2. The van der Waals surface area contributed by atoms with Crippen molar-refractivity contribution < 1.29 is 58.8 Å². The highest BCUT2D eigenvalue weighted by Crippen LogP contribution is 2.18. The van der Waals surface area contributed by atoms with Crippen molar-refractivity contribution in [3.8, 4) is 11.5 Å². The SMILES string of the molecule is O.Oc1cccc(/C=C/c2cc[n+](Cc3ccccc3Br)cc2)c1.Oc1cccc(/C=C/c2cc[n+](Cc3ccccc3Br)cc2)c1.[Br-].[Br-]. The Morgan fingerprint density at radius 2 is 0.796 bits per heavy atom. The van der Waals surface area contributed by atoms with E-state index in [2.05, 4.69) is 114 Å². The molecule has 0 aliphatic heterocycles. The molecule has 6 aromatic rings. The second-order valence-corrected chi connectivity index (χ2v) is 12.4. The first kappa shape index (κ1) is 41.3. The van der Waals surface area contributed by atoms with E-state index in [0.29, 0.717) is 0 Å². The quantitative estimate of drug-likeness (QED) is 0.231. The fraction of sp³-hybridized carbons (Fsp3) is 0.0500. The standard InChI is InChI=1S/2C20H16BrNO.2BrH.H2O/c2*21-20-7-2-1-5-18(20)15-22-12-10-16(11-13-22)8-9-17-4-3-6-19(23)14-17;;;/h2*1-14H,15H2;2*1H;1H2/b2*9-8+;;;. The largest absolute Gasteiger partial charge is 1.00 e. The molecule has 5 nitrogen and oxygen atoms in total. The van der Waals surface area contributed by atoms with E-state index in [1.165, 1.54) is 11.1 Å². The molecule has 4 N–H and O–H groups in total. The van der Waals surface area contributed by atoms with Gasteiger partial charge in [-0.25, -0.2) is 9.13 Å². The minimum Gasteiger partial charge on any atom is -1.00 e. The molecule has 0 amide bonds. The van der Waals surface area contributed by atoms with Crippen LogP contribution in [0.4, 0.5) is 0 Å². The topological polar surface area (TPSA) is 79.7 Å². The number of nitrogens with zero attached hydrogens (tertiary/aromatic N) is 2. The summed E-state index contributed by atoms with van der Waals surface area (Å²) in [5.41, 5.74) is 6.71. The molecule has 0 fully saturated rings. The normalized spacial score (nSPS) is 10.3. The Hall–Kier alpha value is -3.86. The van der Waals surface area contributed by atoms with Crippen LogP contribution in [0.5, 0.6) is 11.5 Å². The summed E-state index contributed by atoms with van der Waals surface area (Å²) in [7, 11) is 0. The molecule has 0 saturated carbocycles. The Labute approximate surface area is 325 Å². The van der Waals surface area contributed by atoms with E-state index in [0.717, 1.165) is 44.3 Å². The molecule has 0 radical (unpaired) electrons. The first-order valence-corrected chi connectivity index (χ1v) is 16.4. The zero-order chi connectivity index (χ0) is 32.1. The van der Waals surface area contributed by atoms with Crippen molar-refractivity contribution in [3.63, 3.8) is 0 Å². The molecule has 4 aromatic carbocycles. The van der Waals surface area contributed by atoms with E-state index >= 15 is 0 Å². The molecule has 2 aromatic heterocycles. The molecule has 6 rings (SSSR count). The number of phenols is 2. The first-order chi connectivity index (χ1) is 22.4. The summed E-state index contributed by atoms with van der Waals surface area (Å²) in [5, 5.41) is 18.9. The van der Waals surface area contributed by atoms with Crippen LogP contribution in [-0.2, 0) is 13.1 Å². The van der Waals surface area contributed by atoms with Crippen molar-refractivity contribution in [3.05, 3.63) is 188 Å². The maximum absolute atomic E-state index is 9.47. The van der Waals surface area contributed by atoms with Crippen LogP contribution in [0.15, 0.2) is 155 Å². The third-order valence-electron chi connectivity index (χ3n) is 7.13. The molecule has 0 unspecified atom stereocenters. The predicted octanol–water partition coefficient (Wildman–Crippen LogP) is 2.51. The predicted molar refractivity (Wildman–Crippen MR) is 197 cm³/mol. The molecule has 0 spiro atoms. The van der Waals surface area contributed by atoms with Crippen LogP contribution in [0.3, 0.4) is 0 Å². The number of phenolic OH excluding ortho intramolecular Hbond substituents is 2. The van der Waals surface area contributed by atoms with Crippen LogP contribution in [0.25, 0.3) is 24.3 Å². The van der Waals surface area contributed by atoms with E-state index < -0.39 is 0 Å². The number of benzene rings is 4. The molecule has 0 aliphatic carbocycles. The van der Waals surface area contributed by atoms with Crippen molar-refractivity contribution >= 4 is 56.2 Å². The van der Waals surface area contributed by atoms with Crippen LogP contribution in [0.2, 0.25) is 0 Å². The Morgan fingerprint density at radius 3 is 1.14 bits per heavy atom. The van der Waals surface area contributed by atoms with Gasteiger partial charge in [0.15, 0.2) is 37.9 Å². The number of aromatic hydroxyl groups is 2.